The van der Waals surface area contributed by atoms with E-state index in [1.165, 1.54) is 36.2 Å². The highest BCUT2D eigenvalue weighted by atomic mass is 35.5. The average Bonchev–Trinajstić information content (AvgIpc) is 3.35. The summed E-state index contributed by atoms with van der Waals surface area (Å²) in [6.07, 6.45) is 2.34. The molecule has 0 fully saturated rings. The van der Waals surface area contributed by atoms with E-state index in [0.29, 0.717) is 22.0 Å². The van der Waals surface area contributed by atoms with Crippen LogP contribution in [0.25, 0.3) is 0 Å². The number of fused-ring (bicyclic) bond motifs is 1. The first-order chi connectivity index (χ1) is 19.6. The molecule has 41 heavy (non-hydrogen) atoms. The first-order valence-corrected chi connectivity index (χ1v) is 15.4. The van der Waals surface area contributed by atoms with Crippen molar-refractivity contribution in [2.24, 2.45) is 0 Å². The van der Waals surface area contributed by atoms with Gasteiger partial charge in [0, 0.05) is 37.6 Å². The minimum absolute atomic E-state index is 0.0386. The Labute approximate surface area is 251 Å². The first kappa shape index (κ1) is 29.0. The number of sulfonamides is 1. The highest BCUT2D eigenvalue weighted by molar-refractivity contribution is 7.89. The van der Waals surface area contributed by atoms with Gasteiger partial charge in [-0.2, -0.15) is 4.31 Å². The molecule has 3 heterocycles. The number of pyridine rings is 1. The van der Waals surface area contributed by atoms with Gasteiger partial charge in [-0.3, -0.25) is 19.5 Å². The number of carbonyl (C=O) groups is 2. The SMILES string of the molecule is CN(Cc1csc(C(=O)N2CC(C(=O)NCc3cccnc3)Oc3ccccc32)c1Cl)S(=O)(=O)c1ccc(Cl)cc1. The van der Waals surface area contributed by atoms with Crippen LogP contribution >= 0.6 is 34.5 Å². The van der Waals surface area contributed by atoms with Gasteiger partial charge in [0.15, 0.2) is 6.10 Å². The fourth-order valence-corrected chi connectivity index (χ4v) is 6.80. The molecule has 1 aliphatic rings. The van der Waals surface area contributed by atoms with Crippen molar-refractivity contribution in [2.75, 3.05) is 18.5 Å². The smallest absolute Gasteiger partial charge is 0.270 e. The fraction of sp³-hybridized carbons (Fsp3) is 0.179. The van der Waals surface area contributed by atoms with E-state index in [0.717, 1.165) is 21.2 Å². The third kappa shape index (κ3) is 6.24. The number of para-hydroxylation sites is 2. The number of benzene rings is 2. The van der Waals surface area contributed by atoms with Crippen molar-refractivity contribution < 1.29 is 22.7 Å². The van der Waals surface area contributed by atoms with Gasteiger partial charge in [0.05, 0.1) is 22.2 Å². The lowest BCUT2D eigenvalue weighted by Crippen LogP contribution is -2.50. The van der Waals surface area contributed by atoms with Crippen LogP contribution in [-0.2, 0) is 27.9 Å². The van der Waals surface area contributed by atoms with Crippen LogP contribution in [0.3, 0.4) is 0 Å². The summed E-state index contributed by atoms with van der Waals surface area (Å²) in [5, 5.41) is 5.07. The van der Waals surface area contributed by atoms with Gasteiger partial charge in [-0.25, -0.2) is 8.42 Å². The maximum Gasteiger partial charge on any atom is 0.270 e. The first-order valence-electron chi connectivity index (χ1n) is 12.4. The van der Waals surface area contributed by atoms with Crippen molar-refractivity contribution in [3.63, 3.8) is 0 Å². The molecule has 1 atom stereocenters. The van der Waals surface area contributed by atoms with Crippen molar-refractivity contribution >= 4 is 62.1 Å². The third-order valence-electron chi connectivity index (χ3n) is 6.41. The average molecular weight is 632 g/mol. The molecule has 2 aromatic carbocycles. The Hall–Kier alpha value is -3.48. The second-order valence-electron chi connectivity index (χ2n) is 9.19. The predicted molar refractivity (Wildman–Crippen MR) is 158 cm³/mol. The minimum Gasteiger partial charge on any atom is -0.477 e. The lowest BCUT2D eigenvalue weighted by molar-refractivity contribution is -0.128. The fourth-order valence-electron chi connectivity index (χ4n) is 4.23. The largest absolute Gasteiger partial charge is 0.477 e. The number of ether oxygens (including phenoxy) is 1. The molecule has 0 radical (unpaired) electrons. The molecule has 5 rings (SSSR count). The molecular formula is C28H24Cl2N4O5S2. The van der Waals surface area contributed by atoms with E-state index in [1.54, 1.807) is 48.1 Å². The zero-order valence-electron chi connectivity index (χ0n) is 21.7. The molecule has 0 saturated heterocycles. The Morgan fingerprint density at radius 1 is 1.12 bits per heavy atom. The molecule has 2 amide bonds. The summed E-state index contributed by atoms with van der Waals surface area (Å²) >= 11 is 13.7. The van der Waals surface area contributed by atoms with Crippen molar-refractivity contribution in [3.8, 4) is 5.75 Å². The van der Waals surface area contributed by atoms with E-state index in [-0.39, 0.29) is 40.3 Å². The van der Waals surface area contributed by atoms with Gasteiger partial charge in [0.25, 0.3) is 11.8 Å². The molecule has 0 saturated carbocycles. The number of nitrogens with zero attached hydrogens (tertiary/aromatic N) is 3. The number of carbonyl (C=O) groups excluding carboxylic acids is 2. The summed E-state index contributed by atoms with van der Waals surface area (Å²) < 4.78 is 33.2. The molecule has 2 aromatic heterocycles. The number of thiophene rings is 1. The highest BCUT2D eigenvalue weighted by Gasteiger charge is 2.36. The van der Waals surface area contributed by atoms with E-state index in [1.807, 2.05) is 6.07 Å². The van der Waals surface area contributed by atoms with Crippen LogP contribution in [0.4, 0.5) is 5.69 Å². The van der Waals surface area contributed by atoms with Gasteiger partial charge < -0.3 is 10.1 Å². The predicted octanol–water partition coefficient (Wildman–Crippen LogP) is 4.99. The summed E-state index contributed by atoms with van der Waals surface area (Å²) in [5.74, 6) is -0.418. The molecular weight excluding hydrogens is 607 g/mol. The number of aromatic nitrogens is 1. The topological polar surface area (TPSA) is 109 Å². The minimum atomic E-state index is -3.82. The monoisotopic (exact) mass is 630 g/mol. The second-order valence-corrected chi connectivity index (χ2v) is 12.9. The molecule has 0 spiro atoms. The standard InChI is InChI=1S/C28H24Cl2N4O5S2/c1-33(41(37,38)21-10-8-20(29)9-11-21)15-19-17-40-26(25(19)30)28(36)34-16-24(39-23-7-3-2-6-22(23)34)27(35)32-14-18-5-4-12-31-13-18/h2-13,17,24H,14-16H2,1H3,(H,32,35). The number of anilines is 1. The molecule has 0 bridgehead atoms. The number of halogens is 2. The van der Waals surface area contributed by atoms with Crippen LogP contribution in [0.15, 0.2) is 83.3 Å². The van der Waals surface area contributed by atoms with Gasteiger partial charge in [-0.1, -0.05) is 41.4 Å². The number of hydrogen-bond donors (Lipinski definition) is 1. The van der Waals surface area contributed by atoms with Crippen LogP contribution in [0, 0.1) is 0 Å². The van der Waals surface area contributed by atoms with Gasteiger partial charge in [0.2, 0.25) is 10.0 Å². The molecule has 1 aliphatic heterocycles. The lowest BCUT2D eigenvalue weighted by Gasteiger charge is -2.34. The summed E-state index contributed by atoms with van der Waals surface area (Å²) in [4.78, 5) is 32.6. The highest BCUT2D eigenvalue weighted by Crippen LogP contribution is 2.37. The number of nitrogens with one attached hydrogen (secondary N) is 1. The molecule has 9 nitrogen and oxygen atoms in total. The normalized spacial score (nSPS) is 14.8. The van der Waals surface area contributed by atoms with Crippen LogP contribution in [0.2, 0.25) is 10.0 Å². The molecule has 4 aromatic rings. The van der Waals surface area contributed by atoms with Gasteiger partial charge >= 0.3 is 0 Å². The second kappa shape index (κ2) is 12.2. The lowest BCUT2D eigenvalue weighted by atomic mass is 10.1. The maximum absolute atomic E-state index is 13.8. The Morgan fingerprint density at radius 3 is 2.61 bits per heavy atom. The summed E-state index contributed by atoms with van der Waals surface area (Å²) in [5.41, 5.74) is 1.81. The molecule has 1 unspecified atom stereocenters. The van der Waals surface area contributed by atoms with Gasteiger partial charge in [-0.05, 0) is 59.0 Å². The zero-order valence-corrected chi connectivity index (χ0v) is 24.8. The maximum atomic E-state index is 13.8. The van der Waals surface area contributed by atoms with Crippen LogP contribution < -0.4 is 15.0 Å². The van der Waals surface area contributed by atoms with E-state index in [4.69, 9.17) is 27.9 Å². The Kier molecular flexibility index (Phi) is 8.62. The quantitative estimate of drug-likeness (QED) is 0.294. The molecule has 212 valence electrons. The van der Waals surface area contributed by atoms with E-state index >= 15 is 0 Å². The van der Waals surface area contributed by atoms with E-state index < -0.39 is 22.0 Å². The van der Waals surface area contributed by atoms with Crippen molar-refractivity contribution in [1.82, 2.24) is 14.6 Å². The Bertz CT molecular complexity index is 1680. The van der Waals surface area contributed by atoms with Gasteiger partial charge in [-0.15, -0.1) is 11.3 Å². The van der Waals surface area contributed by atoms with Crippen molar-refractivity contribution in [3.05, 3.63) is 104 Å². The molecule has 13 heteroatoms. The van der Waals surface area contributed by atoms with E-state index in [9.17, 15) is 18.0 Å². The number of hydrogen-bond acceptors (Lipinski definition) is 7. The Balaban J connectivity index is 1.34. The summed E-state index contributed by atoms with van der Waals surface area (Å²) in [6, 6.07) is 16.4. The zero-order chi connectivity index (χ0) is 29.1. The van der Waals surface area contributed by atoms with Crippen LogP contribution in [0.5, 0.6) is 5.75 Å². The van der Waals surface area contributed by atoms with Crippen LogP contribution in [-0.4, -0.2) is 49.2 Å². The summed E-state index contributed by atoms with van der Waals surface area (Å²) in [7, 11) is -2.39. The van der Waals surface area contributed by atoms with Crippen LogP contribution in [0.1, 0.15) is 20.8 Å². The van der Waals surface area contributed by atoms with Gasteiger partial charge in [0.1, 0.15) is 10.6 Å². The molecule has 0 aliphatic carbocycles. The van der Waals surface area contributed by atoms with Crippen molar-refractivity contribution in [2.45, 2.75) is 24.1 Å². The number of amides is 2. The molecule has 1 N–H and O–H groups in total. The Morgan fingerprint density at radius 2 is 1.88 bits per heavy atom. The third-order valence-corrected chi connectivity index (χ3v) is 10.0. The summed E-state index contributed by atoms with van der Waals surface area (Å²) in [6.45, 7) is 0.171. The van der Waals surface area contributed by atoms with E-state index in [2.05, 4.69) is 10.3 Å². The number of rotatable bonds is 8. The van der Waals surface area contributed by atoms with Crippen molar-refractivity contribution in [1.29, 1.82) is 0 Å².